The number of nitriles is 2. The molecule has 0 unspecified atom stereocenters. The van der Waals surface area contributed by atoms with Crippen LogP contribution in [-0.2, 0) is 6.42 Å². The van der Waals surface area contributed by atoms with Gasteiger partial charge in [0.15, 0.2) is 0 Å². The third-order valence-electron chi connectivity index (χ3n) is 3.14. The molecule has 0 N–H and O–H groups in total. The number of benzene rings is 2. The summed E-state index contributed by atoms with van der Waals surface area (Å²) in [4.78, 5) is 0. The van der Waals surface area contributed by atoms with Crippen LogP contribution in [0.3, 0.4) is 0 Å². The Hall–Kier alpha value is -3.11. The summed E-state index contributed by atoms with van der Waals surface area (Å²) in [7, 11) is 0. The van der Waals surface area contributed by atoms with Crippen molar-refractivity contribution in [3.63, 3.8) is 0 Å². The van der Waals surface area contributed by atoms with E-state index in [2.05, 4.69) is 17.2 Å². The first kappa shape index (κ1) is 12.0. The molecule has 3 aromatic rings. The van der Waals surface area contributed by atoms with Crippen molar-refractivity contribution in [2.24, 2.45) is 0 Å². The van der Waals surface area contributed by atoms with Crippen LogP contribution in [0.1, 0.15) is 11.3 Å². The fourth-order valence-corrected chi connectivity index (χ4v) is 2.25. The van der Waals surface area contributed by atoms with E-state index in [0.717, 1.165) is 22.3 Å². The second-order valence-electron chi connectivity index (χ2n) is 4.37. The molecule has 0 bridgehead atoms. The summed E-state index contributed by atoms with van der Waals surface area (Å²) in [6.45, 7) is 0. The number of hydrogen-bond acceptors (Lipinski definition) is 3. The minimum absolute atomic E-state index is 0.275. The van der Waals surface area contributed by atoms with Gasteiger partial charge in [0.05, 0.1) is 41.0 Å². The zero-order valence-electron chi connectivity index (χ0n) is 10.6. The van der Waals surface area contributed by atoms with E-state index >= 15 is 0 Å². The zero-order valence-corrected chi connectivity index (χ0v) is 10.6. The Bertz CT molecular complexity index is 862. The van der Waals surface area contributed by atoms with Gasteiger partial charge in [0.25, 0.3) is 0 Å². The minimum atomic E-state index is 0.275. The summed E-state index contributed by atoms with van der Waals surface area (Å²) >= 11 is 0. The maximum absolute atomic E-state index is 9.03. The molecule has 1 heterocycles. The number of fused-ring (bicyclic) bond motifs is 1. The number of aromatic nitrogens is 2. The molecule has 0 aliphatic heterocycles. The summed E-state index contributed by atoms with van der Waals surface area (Å²) in [5.74, 6) is 0. The van der Waals surface area contributed by atoms with Crippen molar-refractivity contribution < 1.29 is 0 Å². The van der Waals surface area contributed by atoms with Crippen LogP contribution in [0.2, 0.25) is 0 Å². The molecule has 0 saturated heterocycles. The van der Waals surface area contributed by atoms with Gasteiger partial charge in [-0.1, -0.05) is 24.3 Å². The Labute approximate surface area is 116 Å². The highest BCUT2D eigenvalue weighted by Gasteiger charge is 2.12. The fraction of sp³-hybridized carbons (Fsp3) is 0.0625. The molecule has 0 aliphatic rings. The van der Waals surface area contributed by atoms with Crippen LogP contribution in [-0.4, -0.2) is 9.78 Å². The monoisotopic (exact) mass is 258 g/mol. The van der Waals surface area contributed by atoms with E-state index in [1.54, 1.807) is 16.8 Å². The van der Waals surface area contributed by atoms with Gasteiger partial charge in [-0.3, -0.25) is 0 Å². The summed E-state index contributed by atoms with van der Waals surface area (Å²) in [5, 5.41) is 23.5. The third kappa shape index (κ3) is 1.90. The first-order valence-electron chi connectivity index (χ1n) is 6.17. The lowest BCUT2D eigenvalue weighted by molar-refractivity contribution is 0.843. The van der Waals surface area contributed by atoms with Gasteiger partial charge < -0.3 is 0 Å². The standard InChI is InChI=1S/C16H10N4/c17-9-8-16-14-6-1-2-7-15(14)19-20(16)13-5-3-4-12(10-13)11-18/h1-7,10H,8H2. The van der Waals surface area contributed by atoms with Crippen LogP contribution in [0.25, 0.3) is 16.6 Å². The first-order valence-corrected chi connectivity index (χ1v) is 6.17. The highest BCUT2D eigenvalue weighted by molar-refractivity contribution is 5.82. The molecule has 0 aliphatic carbocycles. The molecular formula is C16H10N4. The van der Waals surface area contributed by atoms with Gasteiger partial charge in [0.1, 0.15) is 0 Å². The van der Waals surface area contributed by atoms with Crippen molar-refractivity contribution in [2.75, 3.05) is 0 Å². The van der Waals surface area contributed by atoms with Gasteiger partial charge in [0, 0.05) is 5.39 Å². The van der Waals surface area contributed by atoms with Gasteiger partial charge in [-0.2, -0.15) is 15.6 Å². The molecule has 0 spiro atoms. The molecule has 0 fully saturated rings. The molecule has 1 aromatic heterocycles. The molecule has 0 saturated carbocycles. The van der Waals surface area contributed by atoms with E-state index < -0.39 is 0 Å². The van der Waals surface area contributed by atoms with Gasteiger partial charge in [-0.05, 0) is 24.3 Å². The Morgan fingerprint density at radius 1 is 1.05 bits per heavy atom. The quantitative estimate of drug-likeness (QED) is 0.709. The maximum Gasteiger partial charge on any atom is 0.0992 e. The summed E-state index contributed by atoms with van der Waals surface area (Å²) in [6.07, 6.45) is 0.275. The lowest BCUT2D eigenvalue weighted by atomic mass is 10.1. The van der Waals surface area contributed by atoms with Crippen LogP contribution < -0.4 is 0 Å². The highest BCUT2D eigenvalue weighted by atomic mass is 15.3. The topological polar surface area (TPSA) is 65.4 Å². The van der Waals surface area contributed by atoms with Crippen LogP contribution in [0.4, 0.5) is 0 Å². The van der Waals surface area contributed by atoms with E-state index in [4.69, 9.17) is 10.5 Å². The molecule has 3 rings (SSSR count). The van der Waals surface area contributed by atoms with E-state index in [1.807, 2.05) is 36.4 Å². The van der Waals surface area contributed by atoms with Crippen molar-refractivity contribution in [1.29, 1.82) is 10.5 Å². The Morgan fingerprint density at radius 2 is 1.90 bits per heavy atom. The molecule has 0 atom stereocenters. The molecule has 2 aromatic carbocycles. The Balaban J connectivity index is 2.27. The first-order chi connectivity index (χ1) is 9.83. The smallest absolute Gasteiger partial charge is 0.0992 e. The maximum atomic E-state index is 9.03. The van der Waals surface area contributed by atoms with Crippen LogP contribution in [0, 0.1) is 22.7 Å². The average molecular weight is 258 g/mol. The average Bonchev–Trinajstić information content (AvgIpc) is 2.87. The molecular weight excluding hydrogens is 248 g/mol. The molecule has 0 amide bonds. The minimum Gasteiger partial charge on any atom is -0.235 e. The Morgan fingerprint density at radius 3 is 2.70 bits per heavy atom. The van der Waals surface area contributed by atoms with Crippen molar-refractivity contribution in [3.8, 4) is 17.8 Å². The second-order valence-corrected chi connectivity index (χ2v) is 4.37. The third-order valence-corrected chi connectivity index (χ3v) is 3.14. The molecule has 4 heteroatoms. The second kappa shape index (κ2) is 4.87. The van der Waals surface area contributed by atoms with Gasteiger partial charge in [0.2, 0.25) is 0 Å². The molecule has 20 heavy (non-hydrogen) atoms. The normalized spacial score (nSPS) is 10.1. The van der Waals surface area contributed by atoms with Gasteiger partial charge >= 0.3 is 0 Å². The lowest BCUT2D eigenvalue weighted by Crippen LogP contribution is -2.01. The summed E-state index contributed by atoms with van der Waals surface area (Å²) < 4.78 is 1.74. The largest absolute Gasteiger partial charge is 0.235 e. The zero-order chi connectivity index (χ0) is 13.9. The number of hydrogen-bond donors (Lipinski definition) is 0. The van der Waals surface area contributed by atoms with Crippen LogP contribution in [0.5, 0.6) is 0 Å². The van der Waals surface area contributed by atoms with Crippen molar-refractivity contribution in [1.82, 2.24) is 9.78 Å². The summed E-state index contributed by atoms with van der Waals surface area (Å²) in [6, 6.07) is 19.2. The summed E-state index contributed by atoms with van der Waals surface area (Å²) in [5.41, 5.74) is 3.06. The van der Waals surface area contributed by atoms with E-state index in [9.17, 15) is 0 Å². The SMILES string of the molecule is N#CCc1c2ccccc2nn1-c1cccc(C#N)c1. The fourth-order valence-electron chi connectivity index (χ4n) is 2.25. The van der Waals surface area contributed by atoms with Crippen LogP contribution >= 0.6 is 0 Å². The predicted octanol–water partition coefficient (Wildman–Crippen LogP) is 2.96. The highest BCUT2D eigenvalue weighted by Crippen LogP contribution is 2.22. The van der Waals surface area contributed by atoms with Crippen LogP contribution in [0.15, 0.2) is 48.5 Å². The van der Waals surface area contributed by atoms with Crippen molar-refractivity contribution >= 4 is 10.9 Å². The van der Waals surface area contributed by atoms with Crippen molar-refractivity contribution in [3.05, 3.63) is 59.8 Å². The van der Waals surface area contributed by atoms with Gasteiger partial charge in [-0.25, -0.2) is 4.68 Å². The van der Waals surface area contributed by atoms with Crippen molar-refractivity contribution in [2.45, 2.75) is 6.42 Å². The predicted molar refractivity (Wildman–Crippen MR) is 75.1 cm³/mol. The van der Waals surface area contributed by atoms with E-state index in [1.165, 1.54) is 0 Å². The number of rotatable bonds is 2. The lowest BCUT2D eigenvalue weighted by Gasteiger charge is -2.05. The van der Waals surface area contributed by atoms with E-state index in [-0.39, 0.29) is 6.42 Å². The van der Waals surface area contributed by atoms with Gasteiger partial charge in [-0.15, -0.1) is 0 Å². The molecule has 0 radical (unpaired) electrons. The Kier molecular flexibility index (Phi) is 2.91. The molecule has 4 nitrogen and oxygen atoms in total. The molecule has 94 valence electrons. The van der Waals surface area contributed by atoms with E-state index in [0.29, 0.717) is 5.56 Å². The number of nitrogens with zero attached hydrogens (tertiary/aromatic N) is 4.